The van der Waals surface area contributed by atoms with E-state index in [1.807, 2.05) is 0 Å². The van der Waals surface area contributed by atoms with Crippen LogP contribution in [-0.2, 0) is 6.42 Å². The molecule has 0 amide bonds. The molecule has 1 aliphatic heterocycles. The van der Waals surface area contributed by atoms with Crippen molar-refractivity contribution in [3.8, 4) is 0 Å². The molecule has 1 saturated heterocycles. The molecule has 0 saturated carbocycles. The maximum atomic E-state index is 3.61. The lowest BCUT2D eigenvalue weighted by molar-refractivity contribution is 0.410. The Labute approximate surface area is 100 Å². The van der Waals surface area contributed by atoms with Gasteiger partial charge in [-0.2, -0.15) is 0 Å². The molecule has 2 rings (SSSR count). The molecule has 0 aliphatic carbocycles. The number of hydrogen-bond acceptors (Lipinski definition) is 1. The van der Waals surface area contributed by atoms with E-state index in [1.54, 1.807) is 0 Å². The number of nitrogens with one attached hydrogen (secondary N) is 1. The molecule has 1 fully saturated rings. The van der Waals surface area contributed by atoms with Crippen LogP contribution < -0.4 is 5.32 Å². The topological polar surface area (TPSA) is 12.0 Å². The standard InChI is InChI=1S/C13H18BrN/c1-2-10-9-11(14)6-7-12(10)13-5-3-4-8-15-13/h6-7,9,13,15H,2-5,8H2,1H3. The quantitative estimate of drug-likeness (QED) is 0.859. The number of aryl methyl sites for hydroxylation is 1. The summed E-state index contributed by atoms with van der Waals surface area (Å²) in [7, 11) is 0. The third-order valence-electron chi connectivity index (χ3n) is 3.17. The average Bonchev–Trinajstić information content (AvgIpc) is 2.30. The van der Waals surface area contributed by atoms with E-state index in [0.717, 1.165) is 6.42 Å². The Hall–Kier alpha value is -0.340. The molecule has 2 heteroatoms. The molecule has 0 radical (unpaired) electrons. The lowest BCUT2D eigenvalue weighted by Gasteiger charge is -2.25. The SMILES string of the molecule is CCc1cc(Br)ccc1C1CCCCN1. The highest BCUT2D eigenvalue weighted by atomic mass is 79.9. The van der Waals surface area contributed by atoms with Crippen LogP contribution >= 0.6 is 15.9 Å². The summed E-state index contributed by atoms with van der Waals surface area (Å²) >= 11 is 3.54. The first-order valence-electron chi connectivity index (χ1n) is 5.83. The van der Waals surface area contributed by atoms with Crippen molar-refractivity contribution in [1.82, 2.24) is 5.32 Å². The zero-order valence-corrected chi connectivity index (χ0v) is 10.8. The van der Waals surface area contributed by atoms with Gasteiger partial charge in [0.05, 0.1) is 0 Å². The molecular formula is C13H18BrN. The molecule has 0 aromatic heterocycles. The number of hydrogen-bond donors (Lipinski definition) is 1. The van der Waals surface area contributed by atoms with Crippen LogP contribution in [0.5, 0.6) is 0 Å². The Balaban J connectivity index is 2.25. The van der Waals surface area contributed by atoms with E-state index in [9.17, 15) is 0 Å². The summed E-state index contributed by atoms with van der Waals surface area (Å²) in [6.45, 7) is 3.40. The fourth-order valence-electron chi connectivity index (χ4n) is 2.34. The zero-order chi connectivity index (χ0) is 10.7. The lowest BCUT2D eigenvalue weighted by atomic mass is 9.93. The van der Waals surface area contributed by atoms with Crippen LogP contribution in [0.2, 0.25) is 0 Å². The maximum absolute atomic E-state index is 3.61. The molecule has 1 aliphatic rings. The largest absolute Gasteiger partial charge is 0.310 e. The molecule has 1 unspecified atom stereocenters. The first kappa shape index (κ1) is 11.2. The van der Waals surface area contributed by atoms with Gasteiger partial charge in [-0.3, -0.25) is 0 Å². The van der Waals surface area contributed by atoms with E-state index in [1.165, 1.54) is 41.4 Å². The summed E-state index contributed by atoms with van der Waals surface area (Å²) in [6.07, 6.45) is 5.09. The Morgan fingerprint density at radius 2 is 2.27 bits per heavy atom. The van der Waals surface area contributed by atoms with Gasteiger partial charge < -0.3 is 5.32 Å². The van der Waals surface area contributed by atoms with Gasteiger partial charge in [0.2, 0.25) is 0 Å². The second-order valence-corrected chi connectivity index (χ2v) is 5.11. The van der Waals surface area contributed by atoms with Crippen molar-refractivity contribution in [3.63, 3.8) is 0 Å². The van der Waals surface area contributed by atoms with E-state index in [2.05, 4.69) is 46.4 Å². The average molecular weight is 268 g/mol. The summed E-state index contributed by atoms with van der Waals surface area (Å²) in [5.74, 6) is 0. The van der Waals surface area contributed by atoms with E-state index in [0.29, 0.717) is 6.04 Å². The van der Waals surface area contributed by atoms with Crippen LogP contribution in [-0.4, -0.2) is 6.54 Å². The van der Waals surface area contributed by atoms with E-state index < -0.39 is 0 Å². The van der Waals surface area contributed by atoms with Gasteiger partial charge in [-0.15, -0.1) is 0 Å². The van der Waals surface area contributed by atoms with E-state index in [-0.39, 0.29) is 0 Å². The fourth-order valence-corrected chi connectivity index (χ4v) is 2.75. The minimum absolute atomic E-state index is 0.585. The predicted octanol–water partition coefficient (Wildman–Crippen LogP) is 3.83. The summed E-state index contributed by atoms with van der Waals surface area (Å²) in [5.41, 5.74) is 2.98. The molecule has 1 atom stereocenters. The molecule has 1 nitrogen and oxygen atoms in total. The van der Waals surface area contributed by atoms with Gasteiger partial charge in [0.15, 0.2) is 0 Å². The van der Waals surface area contributed by atoms with Crippen molar-refractivity contribution >= 4 is 15.9 Å². The smallest absolute Gasteiger partial charge is 0.0322 e. The Bertz CT molecular complexity index is 329. The molecule has 0 spiro atoms. The lowest BCUT2D eigenvalue weighted by Crippen LogP contribution is -2.27. The maximum Gasteiger partial charge on any atom is 0.0322 e. The number of benzene rings is 1. The van der Waals surface area contributed by atoms with Gasteiger partial charge in [0.1, 0.15) is 0 Å². The van der Waals surface area contributed by atoms with Crippen LogP contribution in [0, 0.1) is 0 Å². The minimum atomic E-state index is 0.585. The van der Waals surface area contributed by atoms with Crippen LogP contribution in [0.15, 0.2) is 22.7 Å². The van der Waals surface area contributed by atoms with Crippen molar-refractivity contribution in [2.24, 2.45) is 0 Å². The molecule has 1 heterocycles. The Kier molecular flexibility index (Phi) is 3.81. The number of halogens is 1. The summed E-state index contributed by atoms with van der Waals surface area (Å²) < 4.78 is 1.19. The van der Waals surface area contributed by atoms with Crippen LogP contribution in [0.25, 0.3) is 0 Å². The fraction of sp³-hybridized carbons (Fsp3) is 0.538. The first-order chi connectivity index (χ1) is 7.31. The minimum Gasteiger partial charge on any atom is -0.310 e. The van der Waals surface area contributed by atoms with Crippen molar-refractivity contribution in [1.29, 1.82) is 0 Å². The van der Waals surface area contributed by atoms with Crippen molar-refractivity contribution in [2.45, 2.75) is 38.6 Å². The molecule has 15 heavy (non-hydrogen) atoms. The third kappa shape index (κ3) is 2.61. The monoisotopic (exact) mass is 267 g/mol. The van der Waals surface area contributed by atoms with Gasteiger partial charge in [-0.1, -0.05) is 35.3 Å². The Morgan fingerprint density at radius 3 is 2.93 bits per heavy atom. The van der Waals surface area contributed by atoms with Crippen molar-refractivity contribution in [2.75, 3.05) is 6.54 Å². The summed E-state index contributed by atoms with van der Waals surface area (Å²) in [5, 5.41) is 3.61. The van der Waals surface area contributed by atoms with Crippen LogP contribution in [0.1, 0.15) is 43.4 Å². The Morgan fingerprint density at radius 1 is 1.40 bits per heavy atom. The molecule has 1 aromatic carbocycles. The summed E-state index contributed by atoms with van der Waals surface area (Å²) in [6, 6.07) is 7.27. The molecular weight excluding hydrogens is 250 g/mol. The first-order valence-corrected chi connectivity index (χ1v) is 6.62. The number of rotatable bonds is 2. The van der Waals surface area contributed by atoms with Gasteiger partial charge >= 0.3 is 0 Å². The van der Waals surface area contributed by atoms with Crippen molar-refractivity contribution < 1.29 is 0 Å². The molecule has 1 N–H and O–H groups in total. The normalized spacial score (nSPS) is 21.6. The summed E-state index contributed by atoms with van der Waals surface area (Å²) in [4.78, 5) is 0. The predicted molar refractivity (Wildman–Crippen MR) is 68.1 cm³/mol. The van der Waals surface area contributed by atoms with Gasteiger partial charge in [0.25, 0.3) is 0 Å². The highest BCUT2D eigenvalue weighted by molar-refractivity contribution is 9.10. The van der Waals surface area contributed by atoms with E-state index >= 15 is 0 Å². The number of piperidine rings is 1. The van der Waals surface area contributed by atoms with Gasteiger partial charge in [0, 0.05) is 10.5 Å². The second-order valence-electron chi connectivity index (χ2n) is 4.20. The van der Waals surface area contributed by atoms with E-state index in [4.69, 9.17) is 0 Å². The van der Waals surface area contributed by atoms with Crippen LogP contribution in [0.4, 0.5) is 0 Å². The third-order valence-corrected chi connectivity index (χ3v) is 3.66. The molecule has 1 aromatic rings. The van der Waals surface area contributed by atoms with Gasteiger partial charge in [-0.25, -0.2) is 0 Å². The second kappa shape index (κ2) is 5.13. The highest BCUT2D eigenvalue weighted by Gasteiger charge is 2.16. The molecule has 0 bridgehead atoms. The molecule has 82 valence electrons. The van der Waals surface area contributed by atoms with Gasteiger partial charge in [-0.05, 0) is 49.1 Å². The zero-order valence-electron chi connectivity index (χ0n) is 9.22. The highest BCUT2D eigenvalue weighted by Crippen LogP contribution is 2.28. The van der Waals surface area contributed by atoms with Crippen molar-refractivity contribution in [3.05, 3.63) is 33.8 Å². The van der Waals surface area contributed by atoms with Crippen LogP contribution in [0.3, 0.4) is 0 Å².